The van der Waals surface area contributed by atoms with Gasteiger partial charge in [-0.05, 0) is 43.9 Å². The zero-order valence-corrected chi connectivity index (χ0v) is 11.9. The van der Waals surface area contributed by atoms with Gasteiger partial charge in [-0.3, -0.25) is 4.79 Å². The van der Waals surface area contributed by atoms with Gasteiger partial charge in [0.25, 0.3) is 5.91 Å². The monoisotopic (exact) mass is 249 g/mol. The molecule has 1 N–H and O–H groups in total. The van der Waals surface area contributed by atoms with Gasteiger partial charge in [-0.1, -0.05) is 26.0 Å². The number of benzene rings is 1. The minimum atomic E-state index is -0.424. The minimum Gasteiger partial charge on any atom is -0.368 e. The number of hydrogen-bond donors (Lipinski definition) is 1. The van der Waals surface area contributed by atoms with E-state index in [4.69, 9.17) is 4.74 Å². The molecule has 0 radical (unpaired) electrons. The summed E-state index contributed by atoms with van der Waals surface area (Å²) < 4.78 is 5.50. The largest absolute Gasteiger partial charge is 0.368 e. The Hall–Kier alpha value is -1.35. The molecule has 18 heavy (non-hydrogen) atoms. The van der Waals surface area contributed by atoms with E-state index in [0.717, 1.165) is 16.8 Å². The SMILES string of the molecule is Cc1ccc(C)c(NC(=O)[C@H](C)OCC(C)C)c1. The highest BCUT2D eigenvalue weighted by Crippen LogP contribution is 2.16. The van der Waals surface area contributed by atoms with Crippen LogP contribution in [-0.4, -0.2) is 18.6 Å². The second-order valence-corrected chi connectivity index (χ2v) is 5.18. The van der Waals surface area contributed by atoms with Gasteiger partial charge in [-0.2, -0.15) is 0 Å². The Morgan fingerprint density at radius 1 is 1.28 bits per heavy atom. The molecule has 100 valence electrons. The summed E-state index contributed by atoms with van der Waals surface area (Å²) in [6, 6.07) is 6.01. The highest BCUT2D eigenvalue weighted by atomic mass is 16.5. The number of ether oxygens (including phenoxy) is 1. The second-order valence-electron chi connectivity index (χ2n) is 5.18. The summed E-state index contributed by atoms with van der Waals surface area (Å²) in [6.07, 6.45) is -0.424. The lowest BCUT2D eigenvalue weighted by Gasteiger charge is -2.16. The number of anilines is 1. The molecule has 0 aliphatic carbocycles. The lowest BCUT2D eigenvalue weighted by atomic mass is 10.1. The molecule has 0 heterocycles. The molecule has 1 amide bonds. The predicted octanol–water partition coefficient (Wildman–Crippen LogP) is 3.30. The van der Waals surface area contributed by atoms with Gasteiger partial charge in [0.05, 0.1) is 0 Å². The van der Waals surface area contributed by atoms with Gasteiger partial charge in [0.1, 0.15) is 6.10 Å². The van der Waals surface area contributed by atoms with E-state index in [-0.39, 0.29) is 5.91 Å². The summed E-state index contributed by atoms with van der Waals surface area (Å²) >= 11 is 0. The van der Waals surface area contributed by atoms with Crippen LogP contribution in [0.25, 0.3) is 0 Å². The van der Waals surface area contributed by atoms with Crippen LogP contribution in [-0.2, 0) is 9.53 Å². The molecule has 0 unspecified atom stereocenters. The second kappa shape index (κ2) is 6.55. The van der Waals surface area contributed by atoms with Crippen molar-refractivity contribution in [2.24, 2.45) is 5.92 Å². The normalized spacial score (nSPS) is 12.6. The quantitative estimate of drug-likeness (QED) is 0.869. The van der Waals surface area contributed by atoms with Crippen LogP contribution in [0.15, 0.2) is 18.2 Å². The Balaban J connectivity index is 2.61. The molecule has 1 rings (SSSR count). The number of hydrogen-bond acceptors (Lipinski definition) is 2. The molecule has 0 spiro atoms. The van der Waals surface area contributed by atoms with E-state index >= 15 is 0 Å². The molecule has 0 aliphatic rings. The highest BCUT2D eigenvalue weighted by Gasteiger charge is 2.14. The molecule has 3 nitrogen and oxygen atoms in total. The van der Waals surface area contributed by atoms with Gasteiger partial charge in [0, 0.05) is 12.3 Å². The molecule has 1 aromatic carbocycles. The van der Waals surface area contributed by atoms with E-state index < -0.39 is 6.10 Å². The van der Waals surface area contributed by atoms with Crippen LogP contribution in [0.1, 0.15) is 31.9 Å². The van der Waals surface area contributed by atoms with Crippen LogP contribution >= 0.6 is 0 Å². The minimum absolute atomic E-state index is 0.0932. The van der Waals surface area contributed by atoms with Crippen molar-refractivity contribution in [3.63, 3.8) is 0 Å². The molecule has 0 bridgehead atoms. The van der Waals surface area contributed by atoms with Gasteiger partial charge >= 0.3 is 0 Å². The average Bonchev–Trinajstić information content (AvgIpc) is 2.30. The van der Waals surface area contributed by atoms with Gasteiger partial charge in [0.2, 0.25) is 0 Å². The zero-order chi connectivity index (χ0) is 13.7. The van der Waals surface area contributed by atoms with Crippen molar-refractivity contribution in [1.82, 2.24) is 0 Å². The maximum absolute atomic E-state index is 12.0. The molecular weight excluding hydrogens is 226 g/mol. The Bertz CT molecular complexity index is 413. The first kappa shape index (κ1) is 14.7. The molecule has 0 aromatic heterocycles. The fraction of sp³-hybridized carbons (Fsp3) is 0.533. The van der Waals surface area contributed by atoms with E-state index in [0.29, 0.717) is 12.5 Å². The number of amides is 1. The van der Waals surface area contributed by atoms with E-state index in [1.165, 1.54) is 0 Å². The summed E-state index contributed by atoms with van der Waals surface area (Å²) in [5.74, 6) is 0.338. The summed E-state index contributed by atoms with van der Waals surface area (Å²) in [7, 11) is 0. The average molecular weight is 249 g/mol. The fourth-order valence-corrected chi connectivity index (χ4v) is 1.52. The van der Waals surface area contributed by atoms with Crippen molar-refractivity contribution in [2.45, 2.75) is 40.7 Å². The van der Waals surface area contributed by atoms with E-state index in [1.807, 2.05) is 32.0 Å². The van der Waals surface area contributed by atoms with Crippen LogP contribution in [0.3, 0.4) is 0 Å². The summed E-state index contributed by atoms with van der Waals surface area (Å²) in [5, 5.41) is 2.91. The number of carbonyl (C=O) groups excluding carboxylic acids is 1. The smallest absolute Gasteiger partial charge is 0.253 e. The van der Waals surface area contributed by atoms with Gasteiger partial charge < -0.3 is 10.1 Å². The molecule has 1 aromatic rings. The molecule has 3 heteroatoms. The Labute approximate surface area is 110 Å². The summed E-state index contributed by atoms with van der Waals surface area (Å²) in [4.78, 5) is 12.0. The van der Waals surface area contributed by atoms with Gasteiger partial charge in [0.15, 0.2) is 0 Å². The Morgan fingerprint density at radius 2 is 1.94 bits per heavy atom. The molecule has 1 atom stereocenters. The first-order chi connectivity index (χ1) is 8.40. The lowest BCUT2D eigenvalue weighted by molar-refractivity contribution is -0.126. The standard InChI is InChI=1S/C15H23NO2/c1-10(2)9-18-13(5)15(17)16-14-8-11(3)6-7-12(14)4/h6-8,10,13H,9H2,1-5H3,(H,16,17)/t13-/m0/s1. The van der Waals surface area contributed by atoms with Crippen molar-refractivity contribution in [3.8, 4) is 0 Å². The van der Waals surface area contributed by atoms with E-state index in [2.05, 4.69) is 19.2 Å². The Kier molecular flexibility index (Phi) is 5.35. The van der Waals surface area contributed by atoms with Crippen molar-refractivity contribution < 1.29 is 9.53 Å². The third-order valence-corrected chi connectivity index (χ3v) is 2.70. The third kappa shape index (κ3) is 4.49. The lowest BCUT2D eigenvalue weighted by Crippen LogP contribution is -2.29. The van der Waals surface area contributed by atoms with Crippen molar-refractivity contribution in [1.29, 1.82) is 0 Å². The summed E-state index contributed by atoms with van der Waals surface area (Å²) in [5.41, 5.74) is 3.05. The number of aryl methyl sites for hydroxylation is 2. The van der Waals surface area contributed by atoms with Crippen LogP contribution in [0.4, 0.5) is 5.69 Å². The maximum atomic E-state index is 12.0. The number of nitrogens with one attached hydrogen (secondary N) is 1. The van der Waals surface area contributed by atoms with Crippen molar-refractivity contribution in [2.75, 3.05) is 11.9 Å². The van der Waals surface area contributed by atoms with Crippen LogP contribution < -0.4 is 5.32 Å². The first-order valence-electron chi connectivity index (χ1n) is 6.40. The van der Waals surface area contributed by atoms with Crippen LogP contribution in [0.5, 0.6) is 0 Å². The third-order valence-electron chi connectivity index (χ3n) is 2.70. The van der Waals surface area contributed by atoms with Gasteiger partial charge in [-0.15, -0.1) is 0 Å². The van der Waals surface area contributed by atoms with E-state index in [9.17, 15) is 4.79 Å². The molecule has 0 aliphatic heterocycles. The number of rotatable bonds is 5. The van der Waals surface area contributed by atoms with Gasteiger partial charge in [-0.25, -0.2) is 0 Å². The predicted molar refractivity (Wildman–Crippen MR) is 74.8 cm³/mol. The number of carbonyl (C=O) groups is 1. The summed E-state index contributed by atoms with van der Waals surface area (Å²) in [6.45, 7) is 10.5. The molecular formula is C15H23NO2. The molecule has 0 fully saturated rings. The highest BCUT2D eigenvalue weighted by molar-refractivity contribution is 5.94. The maximum Gasteiger partial charge on any atom is 0.253 e. The zero-order valence-electron chi connectivity index (χ0n) is 11.9. The molecule has 0 saturated heterocycles. The first-order valence-corrected chi connectivity index (χ1v) is 6.40. The Morgan fingerprint density at radius 3 is 2.56 bits per heavy atom. The van der Waals surface area contributed by atoms with E-state index in [1.54, 1.807) is 6.92 Å². The van der Waals surface area contributed by atoms with Crippen LogP contribution in [0, 0.1) is 19.8 Å². The van der Waals surface area contributed by atoms with Crippen molar-refractivity contribution in [3.05, 3.63) is 29.3 Å². The molecule has 0 saturated carbocycles. The van der Waals surface area contributed by atoms with Crippen molar-refractivity contribution >= 4 is 11.6 Å². The van der Waals surface area contributed by atoms with Crippen LogP contribution in [0.2, 0.25) is 0 Å². The fourth-order valence-electron chi connectivity index (χ4n) is 1.52. The topological polar surface area (TPSA) is 38.3 Å².